The lowest BCUT2D eigenvalue weighted by molar-refractivity contribution is -0.125. The van der Waals surface area contributed by atoms with Crippen molar-refractivity contribution >= 4 is 23.4 Å². The highest BCUT2D eigenvalue weighted by molar-refractivity contribution is 6.30. The van der Waals surface area contributed by atoms with E-state index < -0.39 is 17.6 Å². The van der Waals surface area contributed by atoms with Crippen molar-refractivity contribution in [1.29, 1.82) is 0 Å². The first-order valence-corrected chi connectivity index (χ1v) is 13.4. The number of nitrogens with zero attached hydrogens (tertiary/aromatic N) is 1. The van der Waals surface area contributed by atoms with Gasteiger partial charge in [-0.2, -0.15) is 0 Å². The largest absolute Gasteiger partial charge is 0.356 e. The number of likely N-dealkylation sites (tertiary alicyclic amines) is 1. The molecule has 0 bridgehead atoms. The molecule has 8 heteroatoms. The van der Waals surface area contributed by atoms with E-state index in [1.54, 1.807) is 0 Å². The van der Waals surface area contributed by atoms with Gasteiger partial charge in [-0.25, -0.2) is 8.78 Å². The first-order valence-electron chi connectivity index (χ1n) is 13.1. The predicted octanol–water partition coefficient (Wildman–Crippen LogP) is 5.60. The molecule has 0 aromatic heterocycles. The third kappa shape index (κ3) is 7.08. The molecule has 0 spiro atoms. The Hall–Kier alpha value is -2.51. The molecule has 1 aliphatic heterocycles. The van der Waals surface area contributed by atoms with Gasteiger partial charge in [-0.3, -0.25) is 14.5 Å². The minimum atomic E-state index is -0.628. The highest BCUT2D eigenvalue weighted by Crippen LogP contribution is 2.37. The Labute approximate surface area is 222 Å². The van der Waals surface area contributed by atoms with Crippen LogP contribution in [0.5, 0.6) is 0 Å². The third-order valence-electron chi connectivity index (χ3n) is 7.47. The summed E-state index contributed by atoms with van der Waals surface area (Å²) in [5.41, 5.74) is 1.17. The van der Waals surface area contributed by atoms with Crippen LogP contribution in [0.1, 0.15) is 69.5 Å². The van der Waals surface area contributed by atoms with E-state index >= 15 is 0 Å². The van der Waals surface area contributed by atoms with Crippen LogP contribution in [0.4, 0.5) is 8.78 Å². The van der Waals surface area contributed by atoms with Crippen LogP contribution in [0.2, 0.25) is 5.02 Å². The average molecular weight is 532 g/mol. The van der Waals surface area contributed by atoms with E-state index in [0.717, 1.165) is 24.5 Å². The van der Waals surface area contributed by atoms with Crippen molar-refractivity contribution in [3.8, 4) is 0 Å². The van der Waals surface area contributed by atoms with Crippen LogP contribution in [-0.4, -0.2) is 41.9 Å². The number of hydrogen-bond acceptors (Lipinski definition) is 3. The summed E-state index contributed by atoms with van der Waals surface area (Å²) in [4.78, 5) is 27.9. The highest BCUT2D eigenvalue weighted by Gasteiger charge is 2.42. The van der Waals surface area contributed by atoms with E-state index in [-0.39, 0.29) is 35.2 Å². The average Bonchev–Trinajstić information content (AvgIpc) is 3.59. The summed E-state index contributed by atoms with van der Waals surface area (Å²) in [6.07, 6.45) is 3.18. The lowest BCUT2D eigenvalue weighted by atomic mass is 9.88. The smallest absolute Gasteiger partial charge is 0.225 e. The molecule has 2 fully saturated rings. The van der Waals surface area contributed by atoms with Gasteiger partial charge in [0.1, 0.15) is 11.6 Å². The van der Waals surface area contributed by atoms with Crippen molar-refractivity contribution < 1.29 is 18.4 Å². The first kappa shape index (κ1) is 27.5. The van der Waals surface area contributed by atoms with Crippen molar-refractivity contribution in [2.24, 2.45) is 11.8 Å². The second-order valence-electron chi connectivity index (χ2n) is 11.3. The third-order valence-corrected chi connectivity index (χ3v) is 7.73. The minimum absolute atomic E-state index is 0.0707. The molecule has 1 saturated carbocycles. The fourth-order valence-corrected chi connectivity index (χ4v) is 5.16. The van der Waals surface area contributed by atoms with Crippen LogP contribution in [0.3, 0.4) is 0 Å². The molecule has 0 unspecified atom stereocenters. The zero-order chi connectivity index (χ0) is 26.7. The van der Waals surface area contributed by atoms with Crippen LogP contribution < -0.4 is 10.6 Å². The van der Waals surface area contributed by atoms with Crippen molar-refractivity contribution in [2.75, 3.05) is 19.6 Å². The highest BCUT2D eigenvalue weighted by atomic mass is 35.5. The molecule has 4 rings (SSSR count). The topological polar surface area (TPSA) is 61.4 Å². The Kier molecular flexibility index (Phi) is 8.54. The van der Waals surface area contributed by atoms with E-state index in [2.05, 4.69) is 36.3 Å². The molecular weight excluding hydrogens is 496 g/mol. The second-order valence-corrected chi connectivity index (χ2v) is 11.7. The Bertz CT molecular complexity index is 1120. The van der Waals surface area contributed by atoms with Crippen molar-refractivity contribution in [1.82, 2.24) is 15.5 Å². The maximum atomic E-state index is 14.7. The van der Waals surface area contributed by atoms with Gasteiger partial charge in [-0.1, -0.05) is 29.8 Å². The van der Waals surface area contributed by atoms with Crippen LogP contribution in [0.15, 0.2) is 42.5 Å². The lowest BCUT2D eigenvalue weighted by Gasteiger charge is -2.31. The van der Waals surface area contributed by atoms with Gasteiger partial charge >= 0.3 is 0 Å². The van der Waals surface area contributed by atoms with Crippen molar-refractivity contribution in [3.63, 3.8) is 0 Å². The van der Waals surface area contributed by atoms with E-state index in [4.69, 9.17) is 11.6 Å². The number of rotatable bonds is 9. The molecule has 2 aromatic carbocycles. The number of carbonyl (C=O) groups is 2. The normalized spacial score (nSPS) is 21.0. The minimum Gasteiger partial charge on any atom is -0.356 e. The Morgan fingerprint density at radius 3 is 2.38 bits per heavy atom. The van der Waals surface area contributed by atoms with Gasteiger partial charge in [0.15, 0.2) is 0 Å². The Morgan fingerprint density at radius 1 is 1.05 bits per heavy atom. The zero-order valence-corrected chi connectivity index (χ0v) is 22.5. The number of carbonyl (C=O) groups excluding carboxylic acids is 2. The lowest BCUT2D eigenvalue weighted by Crippen LogP contribution is -2.41. The Morgan fingerprint density at radius 2 is 1.76 bits per heavy atom. The van der Waals surface area contributed by atoms with Gasteiger partial charge in [0, 0.05) is 48.1 Å². The summed E-state index contributed by atoms with van der Waals surface area (Å²) in [5.74, 6) is -2.01. The summed E-state index contributed by atoms with van der Waals surface area (Å²) in [7, 11) is 0. The molecule has 3 atom stereocenters. The first-order chi connectivity index (χ1) is 17.5. The van der Waals surface area contributed by atoms with Gasteiger partial charge in [-0.15, -0.1) is 0 Å². The summed E-state index contributed by atoms with van der Waals surface area (Å²) in [5, 5.41) is 6.82. The fraction of sp³-hybridized carbons (Fsp3) is 0.517. The van der Waals surface area contributed by atoms with Crippen LogP contribution in [0, 0.1) is 23.5 Å². The fourth-order valence-electron chi connectivity index (χ4n) is 5.04. The predicted molar refractivity (Wildman–Crippen MR) is 141 cm³/mol. The number of benzene rings is 2. The van der Waals surface area contributed by atoms with Gasteiger partial charge in [0.05, 0.1) is 12.0 Å². The molecule has 0 radical (unpaired) electrons. The number of hydrogen-bond donors (Lipinski definition) is 2. The number of halogens is 3. The number of nitrogens with one attached hydrogen (secondary N) is 2. The standard InChI is InChI=1S/C29H36ClF2N3O2/c1-29(2,3)35-16-23(22-13-12-21(31)15-25(22)32)24(17-35)28(37)33-14-4-5-26(34-27(36)19-6-7-19)18-8-10-20(30)11-9-18/h8-13,15,19,23-24,26H,4-7,14,16-17H2,1-3H3,(H,33,37)(H,34,36)/t23-,24+,26-/m0/s1. The van der Waals surface area contributed by atoms with E-state index in [1.807, 2.05) is 24.3 Å². The summed E-state index contributed by atoms with van der Waals surface area (Å²) in [6, 6.07) is 10.9. The SMILES string of the molecule is CC(C)(C)N1C[C@@H](C(=O)NCCC[C@H](NC(=O)C2CC2)c2ccc(Cl)cc2)[C@H](c2ccc(F)cc2F)C1. The van der Waals surface area contributed by atoms with Crippen molar-refractivity contribution in [2.45, 2.75) is 64.0 Å². The molecule has 2 amide bonds. The summed E-state index contributed by atoms with van der Waals surface area (Å²) < 4.78 is 28.2. The Balaban J connectivity index is 1.39. The molecule has 200 valence electrons. The molecule has 2 aromatic rings. The van der Waals surface area contributed by atoms with Gasteiger partial charge in [-0.05, 0) is 75.8 Å². The molecule has 37 heavy (non-hydrogen) atoms. The van der Waals surface area contributed by atoms with Gasteiger partial charge in [0.25, 0.3) is 0 Å². The maximum Gasteiger partial charge on any atom is 0.225 e. The van der Waals surface area contributed by atoms with Crippen LogP contribution in [-0.2, 0) is 9.59 Å². The van der Waals surface area contributed by atoms with E-state index in [9.17, 15) is 18.4 Å². The molecule has 2 N–H and O–H groups in total. The van der Waals surface area contributed by atoms with Crippen molar-refractivity contribution in [3.05, 3.63) is 70.2 Å². The molecule has 1 aliphatic carbocycles. The monoisotopic (exact) mass is 531 g/mol. The summed E-state index contributed by atoms with van der Waals surface area (Å²) >= 11 is 6.04. The summed E-state index contributed by atoms with van der Waals surface area (Å²) in [6.45, 7) is 7.67. The quantitative estimate of drug-likeness (QED) is 0.414. The van der Waals surface area contributed by atoms with Gasteiger partial charge in [0.2, 0.25) is 11.8 Å². The maximum absolute atomic E-state index is 14.7. The van der Waals surface area contributed by atoms with E-state index in [0.29, 0.717) is 43.1 Å². The molecular formula is C29H36ClF2N3O2. The van der Waals surface area contributed by atoms with Crippen LogP contribution >= 0.6 is 11.6 Å². The van der Waals surface area contributed by atoms with Crippen LogP contribution in [0.25, 0.3) is 0 Å². The van der Waals surface area contributed by atoms with E-state index in [1.165, 1.54) is 12.1 Å². The molecule has 1 heterocycles. The molecule has 5 nitrogen and oxygen atoms in total. The zero-order valence-electron chi connectivity index (χ0n) is 21.7. The molecule has 2 aliphatic rings. The second kappa shape index (κ2) is 11.5. The molecule has 1 saturated heterocycles. The van der Waals surface area contributed by atoms with Gasteiger partial charge < -0.3 is 10.6 Å². The number of amides is 2.